The summed E-state index contributed by atoms with van der Waals surface area (Å²) >= 11 is 0. The van der Waals surface area contributed by atoms with Crippen molar-refractivity contribution in [3.8, 4) is 5.75 Å². The SMILES string of the molecule is CCNCC1CN(c2ccc(C(=O)Nc3cc4cn(C)nc4cc3OC)c3nn(C)cc23)C1. The third-order valence-electron chi connectivity index (χ3n) is 6.18. The van der Waals surface area contributed by atoms with Crippen LogP contribution in [0.3, 0.4) is 0 Å². The number of fused-ring (bicyclic) bond motifs is 2. The highest BCUT2D eigenvalue weighted by molar-refractivity contribution is 6.14. The number of carbonyl (C=O) groups excluding carboxylic acids is 1. The van der Waals surface area contributed by atoms with Gasteiger partial charge in [0.15, 0.2) is 0 Å². The van der Waals surface area contributed by atoms with Crippen molar-refractivity contribution in [1.29, 1.82) is 0 Å². The van der Waals surface area contributed by atoms with Crippen LogP contribution < -0.4 is 20.3 Å². The second-order valence-electron chi connectivity index (χ2n) is 8.64. The first kappa shape index (κ1) is 21.3. The van der Waals surface area contributed by atoms with Crippen LogP contribution in [-0.2, 0) is 14.1 Å². The van der Waals surface area contributed by atoms with Gasteiger partial charge in [0.25, 0.3) is 5.91 Å². The largest absolute Gasteiger partial charge is 0.494 e. The molecule has 1 fully saturated rings. The number of aromatic nitrogens is 4. The third kappa shape index (κ3) is 3.89. The molecule has 9 heteroatoms. The minimum atomic E-state index is -0.222. The molecule has 0 spiro atoms. The van der Waals surface area contributed by atoms with E-state index < -0.39 is 0 Å². The lowest BCUT2D eigenvalue weighted by Crippen LogP contribution is -2.50. The zero-order chi connectivity index (χ0) is 23.1. The predicted molar refractivity (Wildman–Crippen MR) is 130 cm³/mol. The van der Waals surface area contributed by atoms with E-state index in [1.807, 2.05) is 50.8 Å². The van der Waals surface area contributed by atoms with Crippen molar-refractivity contribution in [3.63, 3.8) is 0 Å². The number of benzene rings is 2. The molecule has 3 heterocycles. The first-order valence-corrected chi connectivity index (χ1v) is 11.2. The second kappa shape index (κ2) is 8.40. The summed E-state index contributed by atoms with van der Waals surface area (Å²) in [6, 6.07) is 7.61. The molecule has 33 heavy (non-hydrogen) atoms. The van der Waals surface area contributed by atoms with Gasteiger partial charge in [0.2, 0.25) is 0 Å². The maximum Gasteiger partial charge on any atom is 0.258 e. The van der Waals surface area contributed by atoms with Crippen LogP contribution in [0.25, 0.3) is 21.8 Å². The molecule has 0 atom stereocenters. The number of amides is 1. The van der Waals surface area contributed by atoms with Gasteiger partial charge in [-0.25, -0.2) is 0 Å². The molecular weight excluding hydrogens is 418 g/mol. The first-order chi connectivity index (χ1) is 16.0. The molecule has 0 radical (unpaired) electrons. The number of carbonyl (C=O) groups is 1. The van der Waals surface area contributed by atoms with Gasteiger partial charge in [-0.15, -0.1) is 0 Å². The highest BCUT2D eigenvalue weighted by Gasteiger charge is 2.29. The Morgan fingerprint density at radius 1 is 1.15 bits per heavy atom. The van der Waals surface area contributed by atoms with Crippen molar-refractivity contribution in [3.05, 3.63) is 42.2 Å². The molecule has 1 aliphatic heterocycles. The van der Waals surface area contributed by atoms with Gasteiger partial charge in [-0.2, -0.15) is 10.2 Å². The summed E-state index contributed by atoms with van der Waals surface area (Å²) in [6.07, 6.45) is 3.90. The maximum absolute atomic E-state index is 13.3. The standard InChI is InChI=1S/C24H29N7O2/c1-5-25-10-15-11-31(12-15)21-7-6-17(23-18(21)14-30(3)28-23)24(32)26-20-8-16-13-29(2)27-19(16)9-22(20)33-4/h6-9,13-15,25H,5,10-12H2,1-4H3,(H,26,32). The quantitative estimate of drug-likeness (QED) is 0.453. The van der Waals surface area contributed by atoms with E-state index in [1.54, 1.807) is 16.5 Å². The van der Waals surface area contributed by atoms with Crippen molar-refractivity contribution in [1.82, 2.24) is 24.9 Å². The Labute approximate surface area is 192 Å². The number of nitrogens with zero attached hydrogens (tertiary/aromatic N) is 5. The molecular formula is C24H29N7O2. The van der Waals surface area contributed by atoms with Gasteiger partial charge in [-0.05, 0) is 24.7 Å². The highest BCUT2D eigenvalue weighted by atomic mass is 16.5. The summed E-state index contributed by atoms with van der Waals surface area (Å²) in [5, 5.41) is 17.4. The topological polar surface area (TPSA) is 89.2 Å². The molecule has 0 unspecified atom stereocenters. The van der Waals surface area contributed by atoms with Gasteiger partial charge in [0.05, 0.1) is 23.9 Å². The Morgan fingerprint density at radius 2 is 1.94 bits per heavy atom. The normalized spacial score (nSPS) is 14.1. The molecule has 0 saturated carbocycles. The maximum atomic E-state index is 13.3. The Balaban J connectivity index is 1.43. The van der Waals surface area contributed by atoms with Crippen LogP contribution in [0.2, 0.25) is 0 Å². The number of aryl methyl sites for hydroxylation is 2. The van der Waals surface area contributed by atoms with Gasteiger partial charge in [-0.3, -0.25) is 14.2 Å². The molecule has 172 valence electrons. The van der Waals surface area contributed by atoms with E-state index >= 15 is 0 Å². The fraction of sp³-hybridized carbons (Fsp3) is 0.375. The van der Waals surface area contributed by atoms with Crippen LogP contribution in [-0.4, -0.2) is 58.8 Å². The molecule has 2 aromatic heterocycles. The fourth-order valence-corrected chi connectivity index (χ4v) is 4.54. The van der Waals surface area contributed by atoms with E-state index in [1.165, 1.54) is 0 Å². The summed E-state index contributed by atoms with van der Waals surface area (Å²) in [4.78, 5) is 15.7. The van der Waals surface area contributed by atoms with Gasteiger partial charge < -0.3 is 20.3 Å². The smallest absolute Gasteiger partial charge is 0.258 e. The molecule has 5 rings (SSSR count). The summed E-state index contributed by atoms with van der Waals surface area (Å²) in [5.74, 6) is 0.991. The van der Waals surface area contributed by atoms with Gasteiger partial charge in [-0.1, -0.05) is 6.92 Å². The third-order valence-corrected chi connectivity index (χ3v) is 6.18. The van der Waals surface area contributed by atoms with Crippen molar-refractivity contribution in [2.24, 2.45) is 20.0 Å². The second-order valence-corrected chi connectivity index (χ2v) is 8.64. The van der Waals surface area contributed by atoms with E-state index in [4.69, 9.17) is 4.74 Å². The zero-order valence-electron chi connectivity index (χ0n) is 19.4. The minimum absolute atomic E-state index is 0.222. The van der Waals surface area contributed by atoms with Crippen molar-refractivity contribution in [2.45, 2.75) is 6.92 Å². The molecule has 1 saturated heterocycles. The molecule has 9 nitrogen and oxygen atoms in total. The number of hydrogen-bond acceptors (Lipinski definition) is 6. The molecule has 0 bridgehead atoms. The van der Waals surface area contributed by atoms with Gasteiger partial charge in [0, 0.05) is 74.6 Å². The molecule has 2 aromatic carbocycles. The lowest BCUT2D eigenvalue weighted by atomic mass is 9.97. The summed E-state index contributed by atoms with van der Waals surface area (Å²) < 4.78 is 9.01. The lowest BCUT2D eigenvalue weighted by molar-refractivity contribution is 0.102. The van der Waals surface area contributed by atoms with Crippen LogP contribution in [0, 0.1) is 5.92 Å². The predicted octanol–water partition coefficient (Wildman–Crippen LogP) is 2.77. The van der Waals surface area contributed by atoms with Crippen molar-refractivity contribution < 1.29 is 9.53 Å². The first-order valence-electron chi connectivity index (χ1n) is 11.2. The Hall–Kier alpha value is -3.59. The average Bonchev–Trinajstić information content (AvgIpc) is 3.32. The number of methoxy groups -OCH3 is 1. The number of hydrogen-bond donors (Lipinski definition) is 2. The van der Waals surface area contributed by atoms with E-state index in [-0.39, 0.29) is 5.91 Å². The van der Waals surface area contributed by atoms with Gasteiger partial charge >= 0.3 is 0 Å². The summed E-state index contributed by atoms with van der Waals surface area (Å²) in [6.45, 7) is 6.16. The zero-order valence-corrected chi connectivity index (χ0v) is 19.4. The number of ether oxygens (including phenoxy) is 1. The van der Waals surface area contributed by atoms with Crippen molar-refractivity contribution >= 4 is 39.1 Å². The lowest BCUT2D eigenvalue weighted by Gasteiger charge is -2.41. The van der Waals surface area contributed by atoms with Crippen LogP contribution >= 0.6 is 0 Å². The fourth-order valence-electron chi connectivity index (χ4n) is 4.54. The molecule has 4 aromatic rings. The molecule has 1 amide bonds. The van der Waals surface area contributed by atoms with E-state index in [9.17, 15) is 4.79 Å². The number of anilines is 2. The monoisotopic (exact) mass is 447 g/mol. The average molecular weight is 448 g/mol. The van der Waals surface area contributed by atoms with Crippen LogP contribution in [0.5, 0.6) is 5.75 Å². The molecule has 1 aliphatic rings. The Bertz CT molecular complexity index is 1330. The number of nitrogens with one attached hydrogen (secondary N) is 2. The van der Waals surface area contributed by atoms with Crippen LogP contribution in [0.1, 0.15) is 17.3 Å². The van der Waals surface area contributed by atoms with Gasteiger partial charge in [0.1, 0.15) is 11.3 Å². The van der Waals surface area contributed by atoms with Crippen LogP contribution in [0.15, 0.2) is 36.7 Å². The Morgan fingerprint density at radius 3 is 2.70 bits per heavy atom. The highest BCUT2D eigenvalue weighted by Crippen LogP contribution is 2.34. The summed E-state index contributed by atoms with van der Waals surface area (Å²) in [5.41, 5.74) is 3.77. The van der Waals surface area contributed by atoms with E-state index in [0.29, 0.717) is 28.4 Å². The van der Waals surface area contributed by atoms with Crippen LogP contribution in [0.4, 0.5) is 11.4 Å². The Kier molecular flexibility index (Phi) is 5.41. The molecule has 2 N–H and O–H groups in total. The van der Waals surface area contributed by atoms with E-state index in [2.05, 4.69) is 32.7 Å². The summed E-state index contributed by atoms with van der Waals surface area (Å²) in [7, 11) is 5.33. The molecule has 0 aliphatic carbocycles. The minimum Gasteiger partial charge on any atom is -0.494 e. The van der Waals surface area contributed by atoms with Crippen molar-refractivity contribution in [2.75, 3.05) is 43.5 Å². The number of rotatable bonds is 7. The van der Waals surface area contributed by atoms with E-state index in [0.717, 1.165) is 48.2 Å².